The van der Waals surface area contributed by atoms with Crippen LogP contribution >= 0.6 is 0 Å². The first-order valence-corrected chi connectivity index (χ1v) is 21.0. The Hall–Kier alpha value is -2.53. The van der Waals surface area contributed by atoms with E-state index < -0.39 is 0 Å². The number of amides is 1. The second kappa shape index (κ2) is 14.2. The molecule has 11 atom stereocenters. The van der Waals surface area contributed by atoms with Gasteiger partial charge >= 0.3 is 0 Å². The molecule has 0 spiro atoms. The van der Waals surface area contributed by atoms with E-state index in [2.05, 4.69) is 80.4 Å². The minimum absolute atomic E-state index is 0.0162. The summed E-state index contributed by atoms with van der Waals surface area (Å²) in [6.07, 6.45) is 13.7. The Morgan fingerprint density at radius 2 is 1.58 bits per heavy atom. The Bertz CT molecular complexity index is 1560. The molecule has 0 bridgehead atoms. The number of carbonyl (C=O) groups is 1. The fourth-order valence-corrected chi connectivity index (χ4v) is 14.7. The molecule has 1 aromatic carbocycles. The van der Waals surface area contributed by atoms with Crippen molar-refractivity contribution in [3.05, 3.63) is 72.7 Å². The molecular weight excluding hydrogens is 655 g/mol. The standard InChI is InChI=1S/C48H73NO4/c1-31(2)35-19-24-48(29-41(52)49-37(30-50)34-15-13-12-14-16-34)26-25-46(10)36(42(35)48)17-18-39-45(9)22-21-40(44(7,8)38(45)20-23-47(39,46)11)53-33(4)28-43(5,6)27-32(3)51/h12-16,35-40,42,50-51H,1,3-4,17-30H2,2,5-11H3,(H,49,52)/t35-,36+,37+,38-,39+,40-,42+,45-,46+,47+,48+/m0/s1. The lowest BCUT2D eigenvalue weighted by Crippen LogP contribution is -2.66. The van der Waals surface area contributed by atoms with Crippen LogP contribution in [0.1, 0.15) is 150 Å². The summed E-state index contributed by atoms with van der Waals surface area (Å²) in [6.45, 7) is 32.1. The smallest absolute Gasteiger partial charge is 0.221 e. The van der Waals surface area contributed by atoms with E-state index in [0.29, 0.717) is 48.9 Å². The Labute approximate surface area is 322 Å². The van der Waals surface area contributed by atoms with Crippen LogP contribution in [-0.4, -0.2) is 28.8 Å². The van der Waals surface area contributed by atoms with Gasteiger partial charge in [-0.2, -0.15) is 0 Å². The van der Waals surface area contributed by atoms with Gasteiger partial charge in [-0.15, -0.1) is 0 Å². The predicted molar refractivity (Wildman–Crippen MR) is 217 cm³/mol. The number of aliphatic hydroxyl groups excluding tert-OH is 2. The molecule has 0 aromatic heterocycles. The molecule has 0 aliphatic heterocycles. The molecule has 0 radical (unpaired) electrons. The lowest BCUT2D eigenvalue weighted by atomic mass is 9.32. The van der Waals surface area contributed by atoms with Crippen LogP contribution in [0.15, 0.2) is 67.2 Å². The quantitative estimate of drug-likeness (QED) is 0.148. The SMILES string of the molecule is C=C(O)CC(C)(C)CC(=C)O[C@H]1CC[C@]2(C)[C@H]3CC[C@@H]4[C@H]5[C@H](C(=C)C)CC[C@]5(CC(=O)N[C@H](CO)c5ccccc5)CC[C@@]4(C)[C@]3(C)CC[C@H]2C1(C)C. The van der Waals surface area contributed by atoms with Crippen LogP contribution in [0.3, 0.4) is 0 Å². The Morgan fingerprint density at radius 1 is 0.887 bits per heavy atom. The molecule has 0 saturated heterocycles. The van der Waals surface area contributed by atoms with Gasteiger partial charge in [0.1, 0.15) is 6.10 Å². The molecule has 5 saturated carbocycles. The number of ether oxygens (including phenoxy) is 1. The van der Waals surface area contributed by atoms with Gasteiger partial charge in [-0.05, 0) is 133 Å². The monoisotopic (exact) mass is 728 g/mol. The van der Waals surface area contributed by atoms with E-state index >= 15 is 0 Å². The summed E-state index contributed by atoms with van der Waals surface area (Å²) in [5.74, 6) is 3.88. The molecule has 1 amide bonds. The number of hydrogen-bond acceptors (Lipinski definition) is 4. The number of nitrogens with one attached hydrogen (secondary N) is 1. The number of allylic oxidation sites excluding steroid dienone is 3. The zero-order chi connectivity index (χ0) is 38.8. The number of rotatable bonds is 12. The fourth-order valence-electron chi connectivity index (χ4n) is 14.7. The van der Waals surface area contributed by atoms with E-state index in [1.165, 1.54) is 44.1 Å². The zero-order valence-electron chi connectivity index (χ0n) is 34.7. The van der Waals surface area contributed by atoms with Crippen molar-refractivity contribution in [1.82, 2.24) is 5.32 Å². The molecular formula is C48H73NO4. The van der Waals surface area contributed by atoms with Gasteiger partial charge in [0.2, 0.25) is 5.91 Å². The second-order valence-corrected chi connectivity index (χ2v) is 21.0. The van der Waals surface area contributed by atoms with Crippen LogP contribution in [0.2, 0.25) is 0 Å². The van der Waals surface area contributed by atoms with Gasteiger partial charge in [-0.25, -0.2) is 0 Å². The number of benzene rings is 1. The summed E-state index contributed by atoms with van der Waals surface area (Å²) < 4.78 is 6.80. The Kier molecular flexibility index (Phi) is 10.8. The molecule has 5 aliphatic carbocycles. The summed E-state index contributed by atoms with van der Waals surface area (Å²) in [7, 11) is 0. The Balaban J connectivity index is 1.22. The summed E-state index contributed by atoms with van der Waals surface area (Å²) in [4.78, 5) is 14.0. The van der Waals surface area contributed by atoms with Crippen molar-refractivity contribution in [2.45, 2.75) is 151 Å². The molecule has 5 heteroatoms. The molecule has 6 rings (SSSR count). The third-order valence-electron chi connectivity index (χ3n) is 17.1. The number of aliphatic hydroxyl groups is 2. The third kappa shape index (κ3) is 6.86. The largest absolute Gasteiger partial charge is 0.513 e. The van der Waals surface area contributed by atoms with Crippen molar-refractivity contribution in [3.8, 4) is 0 Å². The Morgan fingerprint density at radius 3 is 2.23 bits per heavy atom. The van der Waals surface area contributed by atoms with Gasteiger partial charge in [0.15, 0.2) is 0 Å². The van der Waals surface area contributed by atoms with Gasteiger partial charge in [0.05, 0.1) is 24.2 Å². The lowest BCUT2D eigenvalue weighted by Gasteiger charge is -2.73. The van der Waals surface area contributed by atoms with E-state index in [1.54, 1.807) is 0 Å². The highest BCUT2D eigenvalue weighted by molar-refractivity contribution is 5.77. The highest BCUT2D eigenvalue weighted by Crippen LogP contribution is 2.78. The first-order valence-electron chi connectivity index (χ1n) is 21.0. The van der Waals surface area contributed by atoms with Crippen LogP contribution < -0.4 is 5.32 Å². The van der Waals surface area contributed by atoms with Crippen molar-refractivity contribution in [1.29, 1.82) is 0 Å². The summed E-state index contributed by atoms with van der Waals surface area (Å²) in [5.41, 5.74) is 2.80. The van der Waals surface area contributed by atoms with Crippen LogP contribution in [-0.2, 0) is 9.53 Å². The van der Waals surface area contributed by atoms with Crippen molar-refractivity contribution in [2.24, 2.45) is 62.1 Å². The van der Waals surface area contributed by atoms with Gasteiger partial charge in [0.25, 0.3) is 0 Å². The average molecular weight is 728 g/mol. The molecule has 5 nitrogen and oxygen atoms in total. The number of fused-ring (bicyclic) bond motifs is 7. The van der Waals surface area contributed by atoms with E-state index in [4.69, 9.17) is 4.74 Å². The maximum absolute atomic E-state index is 14.0. The maximum Gasteiger partial charge on any atom is 0.221 e. The van der Waals surface area contributed by atoms with Gasteiger partial charge in [-0.3, -0.25) is 4.79 Å². The molecule has 0 unspecified atom stereocenters. The van der Waals surface area contributed by atoms with Crippen LogP contribution in [0.25, 0.3) is 0 Å². The van der Waals surface area contributed by atoms with Crippen LogP contribution in [0.5, 0.6) is 0 Å². The molecule has 53 heavy (non-hydrogen) atoms. The minimum atomic E-state index is -0.377. The zero-order valence-corrected chi connectivity index (χ0v) is 34.7. The van der Waals surface area contributed by atoms with Gasteiger partial charge < -0.3 is 20.3 Å². The topological polar surface area (TPSA) is 78.8 Å². The van der Waals surface area contributed by atoms with E-state index in [1.807, 2.05) is 30.3 Å². The van der Waals surface area contributed by atoms with Crippen molar-refractivity contribution in [2.75, 3.05) is 6.61 Å². The predicted octanol–water partition coefficient (Wildman–Crippen LogP) is 11.7. The van der Waals surface area contributed by atoms with Crippen LogP contribution in [0.4, 0.5) is 0 Å². The second-order valence-electron chi connectivity index (χ2n) is 21.0. The van der Waals surface area contributed by atoms with Crippen molar-refractivity contribution >= 4 is 5.91 Å². The first kappa shape index (κ1) is 40.1. The molecule has 0 heterocycles. The van der Waals surface area contributed by atoms with Crippen molar-refractivity contribution < 1.29 is 19.7 Å². The summed E-state index contributed by atoms with van der Waals surface area (Å²) in [6, 6.07) is 9.52. The normalized spacial score (nSPS) is 39.3. The number of hydrogen-bond donors (Lipinski definition) is 3. The molecule has 5 aliphatic rings. The van der Waals surface area contributed by atoms with E-state index in [-0.39, 0.29) is 62.9 Å². The summed E-state index contributed by atoms with van der Waals surface area (Å²) >= 11 is 0. The molecule has 3 N–H and O–H groups in total. The van der Waals surface area contributed by atoms with E-state index in [9.17, 15) is 15.0 Å². The highest BCUT2D eigenvalue weighted by atomic mass is 16.5. The third-order valence-corrected chi connectivity index (χ3v) is 17.1. The van der Waals surface area contributed by atoms with Crippen LogP contribution in [0, 0.1) is 62.1 Å². The highest BCUT2D eigenvalue weighted by Gasteiger charge is 2.71. The average Bonchev–Trinajstić information content (AvgIpc) is 3.44. The fraction of sp³-hybridized carbons (Fsp3) is 0.729. The molecule has 1 aromatic rings. The van der Waals surface area contributed by atoms with Gasteiger partial charge in [0, 0.05) is 24.7 Å². The first-order chi connectivity index (χ1) is 24.7. The minimum Gasteiger partial charge on any atom is -0.513 e. The van der Waals surface area contributed by atoms with E-state index in [0.717, 1.165) is 37.0 Å². The lowest BCUT2D eigenvalue weighted by molar-refractivity contribution is -0.249. The summed E-state index contributed by atoms with van der Waals surface area (Å²) in [5, 5.41) is 23.4. The molecule has 5 fully saturated rings. The van der Waals surface area contributed by atoms with Gasteiger partial charge in [-0.1, -0.05) is 104 Å². The number of carbonyl (C=O) groups excluding carboxylic acids is 1. The maximum atomic E-state index is 14.0. The van der Waals surface area contributed by atoms with Crippen molar-refractivity contribution in [3.63, 3.8) is 0 Å². The molecule has 294 valence electrons.